The van der Waals surface area contributed by atoms with Crippen LogP contribution in [0.15, 0.2) is 43.0 Å². The van der Waals surface area contributed by atoms with E-state index >= 15 is 0 Å². The van der Waals surface area contributed by atoms with Gasteiger partial charge in [-0.3, -0.25) is 0 Å². The van der Waals surface area contributed by atoms with Gasteiger partial charge in [0.15, 0.2) is 5.79 Å². The Kier molecular flexibility index (Phi) is 6.74. The van der Waals surface area contributed by atoms with Gasteiger partial charge in [0.2, 0.25) is 0 Å². The SMILES string of the molecule is Cl.ClC[C@@H]1CO[C@@](CCc2ccc(Cl)cc2)(Cn2ccnc2)O1. The first-order valence-electron chi connectivity index (χ1n) is 7.27. The number of nitrogens with zero attached hydrogens (tertiary/aromatic N) is 2. The second-order valence-electron chi connectivity index (χ2n) is 5.48. The van der Waals surface area contributed by atoms with Crippen LogP contribution in [0, 0.1) is 0 Å². The molecule has 0 aliphatic carbocycles. The number of hydrogen-bond donors (Lipinski definition) is 0. The van der Waals surface area contributed by atoms with Gasteiger partial charge in [-0.25, -0.2) is 4.98 Å². The molecule has 2 heterocycles. The van der Waals surface area contributed by atoms with Gasteiger partial charge in [-0.2, -0.15) is 0 Å². The molecule has 1 aromatic carbocycles. The standard InChI is InChI=1S/C16H18Cl2N2O2.ClH/c17-9-15-10-21-16(22-15,11-20-8-7-19-12-20)6-5-13-1-3-14(18)4-2-13;/h1-4,7-8,12,15H,5-6,9-11H2;1H/t15-,16-;/m1./s1. The summed E-state index contributed by atoms with van der Waals surface area (Å²) >= 11 is 11.8. The van der Waals surface area contributed by atoms with E-state index in [1.54, 1.807) is 12.5 Å². The number of aryl methyl sites for hydroxylation is 1. The Morgan fingerprint density at radius 3 is 2.70 bits per heavy atom. The molecule has 1 aromatic heterocycles. The molecule has 0 amide bonds. The summed E-state index contributed by atoms with van der Waals surface area (Å²) in [6.45, 7) is 1.13. The van der Waals surface area contributed by atoms with Crippen LogP contribution in [0.1, 0.15) is 12.0 Å². The zero-order chi connectivity index (χ0) is 15.4. The lowest BCUT2D eigenvalue weighted by Gasteiger charge is -2.28. The van der Waals surface area contributed by atoms with Crippen LogP contribution in [-0.4, -0.2) is 33.9 Å². The molecular weight excluding hydrogens is 359 g/mol. The Bertz CT molecular complexity index is 592. The largest absolute Gasteiger partial charge is 0.345 e. The highest BCUT2D eigenvalue weighted by molar-refractivity contribution is 6.30. The number of aromatic nitrogens is 2. The van der Waals surface area contributed by atoms with Gasteiger partial charge in [0.05, 0.1) is 31.5 Å². The smallest absolute Gasteiger partial charge is 0.187 e. The first-order chi connectivity index (χ1) is 10.7. The molecule has 23 heavy (non-hydrogen) atoms. The highest BCUT2D eigenvalue weighted by Gasteiger charge is 2.41. The molecule has 0 radical (unpaired) electrons. The lowest BCUT2D eigenvalue weighted by atomic mass is 10.0. The summed E-state index contributed by atoms with van der Waals surface area (Å²) in [7, 11) is 0. The molecule has 7 heteroatoms. The zero-order valence-corrected chi connectivity index (χ0v) is 14.9. The fraction of sp³-hybridized carbons (Fsp3) is 0.438. The molecule has 0 bridgehead atoms. The van der Waals surface area contributed by atoms with Crippen LogP contribution in [0.2, 0.25) is 5.02 Å². The second kappa shape index (κ2) is 8.36. The fourth-order valence-corrected chi connectivity index (χ4v) is 2.91. The van der Waals surface area contributed by atoms with Gasteiger partial charge >= 0.3 is 0 Å². The zero-order valence-electron chi connectivity index (χ0n) is 12.5. The van der Waals surface area contributed by atoms with Gasteiger partial charge in [0.25, 0.3) is 0 Å². The van der Waals surface area contributed by atoms with Gasteiger partial charge in [-0.1, -0.05) is 23.7 Å². The minimum atomic E-state index is -0.653. The molecular formula is C16H19Cl3N2O2. The predicted octanol–water partition coefficient (Wildman–Crippen LogP) is 3.94. The number of hydrogen-bond acceptors (Lipinski definition) is 3. The van der Waals surface area contributed by atoms with Crippen LogP contribution in [-0.2, 0) is 22.4 Å². The van der Waals surface area contributed by atoms with Gasteiger partial charge in [-0.05, 0) is 24.1 Å². The maximum Gasteiger partial charge on any atom is 0.187 e. The molecule has 2 aromatic rings. The van der Waals surface area contributed by atoms with Gasteiger partial charge in [-0.15, -0.1) is 24.0 Å². The van der Waals surface area contributed by atoms with Crippen molar-refractivity contribution in [2.24, 2.45) is 0 Å². The van der Waals surface area contributed by atoms with E-state index in [9.17, 15) is 0 Å². The number of halogens is 3. The van der Waals surface area contributed by atoms with E-state index in [0.717, 1.165) is 17.9 Å². The second-order valence-corrected chi connectivity index (χ2v) is 6.22. The lowest BCUT2D eigenvalue weighted by Crippen LogP contribution is -2.36. The fourth-order valence-electron chi connectivity index (χ4n) is 2.63. The molecule has 1 aliphatic rings. The van der Waals surface area contributed by atoms with Crippen molar-refractivity contribution in [1.82, 2.24) is 9.55 Å². The Balaban J connectivity index is 0.00000192. The number of alkyl halides is 1. The van der Waals surface area contributed by atoms with Crippen molar-refractivity contribution in [3.05, 3.63) is 53.6 Å². The Hall–Kier alpha value is -0.780. The van der Waals surface area contributed by atoms with E-state index in [1.807, 2.05) is 35.0 Å². The molecule has 126 valence electrons. The summed E-state index contributed by atoms with van der Waals surface area (Å²) in [4.78, 5) is 4.07. The van der Waals surface area contributed by atoms with E-state index in [0.29, 0.717) is 19.0 Å². The summed E-state index contributed by atoms with van der Waals surface area (Å²) in [6, 6.07) is 7.86. The van der Waals surface area contributed by atoms with Crippen LogP contribution in [0.5, 0.6) is 0 Å². The lowest BCUT2D eigenvalue weighted by molar-refractivity contribution is -0.180. The van der Waals surface area contributed by atoms with Crippen molar-refractivity contribution in [3.8, 4) is 0 Å². The molecule has 1 fully saturated rings. The third-order valence-electron chi connectivity index (χ3n) is 3.78. The topological polar surface area (TPSA) is 36.3 Å². The highest BCUT2D eigenvalue weighted by Crippen LogP contribution is 2.31. The number of imidazole rings is 1. The number of ether oxygens (including phenoxy) is 2. The van der Waals surface area contributed by atoms with E-state index in [1.165, 1.54) is 5.56 Å². The van der Waals surface area contributed by atoms with Gasteiger partial charge < -0.3 is 14.0 Å². The summed E-state index contributed by atoms with van der Waals surface area (Å²) in [5, 5.41) is 0.743. The third kappa shape index (κ3) is 4.85. The Labute approximate surface area is 152 Å². The molecule has 0 spiro atoms. The van der Waals surface area contributed by atoms with E-state index in [4.69, 9.17) is 32.7 Å². The molecule has 0 unspecified atom stereocenters. The maximum absolute atomic E-state index is 6.09. The summed E-state index contributed by atoms with van der Waals surface area (Å²) < 4.78 is 14.0. The van der Waals surface area contributed by atoms with Crippen LogP contribution in [0.3, 0.4) is 0 Å². The van der Waals surface area contributed by atoms with Crippen molar-refractivity contribution in [3.63, 3.8) is 0 Å². The molecule has 1 aliphatic heterocycles. The number of rotatable bonds is 6. The van der Waals surface area contributed by atoms with E-state index in [-0.39, 0.29) is 18.5 Å². The minimum absolute atomic E-state index is 0. The van der Waals surface area contributed by atoms with E-state index < -0.39 is 5.79 Å². The molecule has 2 atom stereocenters. The van der Waals surface area contributed by atoms with Crippen LogP contribution in [0.4, 0.5) is 0 Å². The Morgan fingerprint density at radius 1 is 1.30 bits per heavy atom. The first-order valence-corrected chi connectivity index (χ1v) is 8.18. The van der Waals surface area contributed by atoms with Crippen molar-refractivity contribution >= 4 is 35.6 Å². The minimum Gasteiger partial charge on any atom is -0.345 e. The molecule has 1 saturated heterocycles. The highest BCUT2D eigenvalue weighted by atomic mass is 35.5. The monoisotopic (exact) mass is 376 g/mol. The number of benzene rings is 1. The summed E-state index contributed by atoms with van der Waals surface area (Å²) in [5.74, 6) is -0.216. The van der Waals surface area contributed by atoms with Gasteiger partial charge in [0.1, 0.15) is 0 Å². The van der Waals surface area contributed by atoms with Crippen molar-refractivity contribution < 1.29 is 9.47 Å². The van der Waals surface area contributed by atoms with Crippen LogP contribution in [0.25, 0.3) is 0 Å². The summed E-state index contributed by atoms with van der Waals surface area (Å²) in [6.07, 6.45) is 6.97. The predicted molar refractivity (Wildman–Crippen MR) is 93.5 cm³/mol. The maximum atomic E-state index is 6.09. The molecule has 3 rings (SSSR count). The molecule has 0 saturated carbocycles. The van der Waals surface area contributed by atoms with Crippen molar-refractivity contribution in [1.29, 1.82) is 0 Å². The average Bonchev–Trinajstić information content (AvgIpc) is 3.17. The quantitative estimate of drug-likeness (QED) is 0.715. The normalized spacial score (nSPS) is 23.7. The van der Waals surface area contributed by atoms with Crippen molar-refractivity contribution in [2.45, 2.75) is 31.3 Å². The Morgan fingerprint density at radius 2 is 2.09 bits per heavy atom. The van der Waals surface area contributed by atoms with Crippen molar-refractivity contribution in [2.75, 3.05) is 12.5 Å². The van der Waals surface area contributed by atoms with Crippen LogP contribution < -0.4 is 0 Å². The van der Waals surface area contributed by atoms with E-state index in [2.05, 4.69) is 4.98 Å². The molecule has 0 N–H and O–H groups in total. The average molecular weight is 378 g/mol. The summed E-state index contributed by atoms with van der Waals surface area (Å²) in [5.41, 5.74) is 1.20. The molecule has 4 nitrogen and oxygen atoms in total. The third-order valence-corrected chi connectivity index (χ3v) is 4.37. The first kappa shape index (κ1) is 18.6. The van der Waals surface area contributed by atoms with Gasteiger partial charge in [0, 0.05) is 23.8 Å². The van der Waals surface area contributed by atoms with Crippen LogP contribution >= 0.6 is 35.6 Å².